The molecule has 0 fully saturated rings. The van der Waals surface area contributed by atoms with Gasteiger partial charge in [0, 0.05) is 6.42 Å². The van der Waals surface area contributed by atoms with Crippen LogP contribution in [-0.4, -0.2) is 12.6 Å². The van der Waals surface area contributed by atoms with Crippen LogP contribution in [0.15, 0.2) is 30.3 Å². The molecule has 0 spiro atoms. The van der Waals surface area contributed by atoms with Crippen LogP contribution in [0.5, 0.6) is 0 Å². The largest absolute Gasteiger partial charge is 0.466 e. The lowest BCUT2D eigenvalue weighted by molar-refractivity contribution is -0.143. The van der Waals surface area contributed by atoms with Gasteiger partial charge >= 0.3 is 5.97 Å². The molecule has 1 rings (SSSR count). The summed E-state index contributed by atoms with van der Waals surface area (Å²) in [6, 6.07) is 10.3. The van der Waals surface area contributed by atoms with Crippen LogP contribution in [0.25, 0.3) is 0 Å². The van der Waals surface area contributed by atoms with Gasteiger partial charge in [0.2, 0.25) is 0 Å². The number of hydrogen-bond acceptors (Lipinski definition) is 2. The minimum atomic E-state index is -0.0353. The Morgan fingerprint density at radius 1 is 1.00 bits per heavy atom. The highest BCUT2D eigenvalue weighted by atomic mass is 16.5. The van der Waals surface area contributed by atoms with Crippen molar-refractivity contribution in [3.05, 3.63) is 35.9 Å². The van der Waals surface area contributed by atoms with Gasteiger partial charge in [0.15, 0.2) is 0 Å². The van der Waals surface area contributed by atoms with Crippen molar-refractivity contribution < 1.29 is 9.53 Å². The van der Waals surface area contributed by atoms with Crippen molar-refractivity contribution in [1.82, 2.24) is 0 Å². The second kappa shape index (κ2) is 11.4. The first kappa shape index (κ1) is 17.7. The maximum absolute atomic E-state index is 11.6. The minimum Gasteiger partial charge on any atom is -0.466 e. The van der Waals surface area contributed by atoms with Crippen LogP contribution in [0.1, 0.15) is 64.4 Å². The van der Waals surface area contributed by atoms with Crippen LogP contribution in [0.4, 0.5) is 0 Å². The maximum atomic E-state index is 11.6. The SMILES string of the molecule is CC(C)CCCCCCC(=O)OCCCc1ccccc1. The molecule has 0 heterocycles. The van der Waals surface area contributed by atoms with E-state index in [4.69, 9.17) is 4.74 Å². The fraction of sp³-hybridized carbons (Fsp3) is 0.632. The number of unbranched alkanes of at least 4 members (excludes halogenated alkanes) is 3. The number of aryl methyl sites for hydroxylation is 1. The smallest absolute Gasteiger partial charge is 0.305 e. The number of benzene rings is 1. The molecular weight excluding hydrogens is 260 g/mol. The molecular formula is C19H30O2. The predicted molar refractivity (Wildman–Crippen MR) is 88.3 cm³/mol. The molecule has 0 atom stereocenters. The van der Waals surface area contributed by atoms with E-state index < -0.39 is 0 Å². The topological polar surface area (TPSA) is 26.3 Å². The molecule has 0 unspecified atom stereocenters. The quantitative estimate of drug-likeness (QED) is 0.415. The van der Waals surface area contributed by atoms with E-state index in [1.807, 2.05) is 18.2 Å². The molecule has 0 aliphatic rings. The first-order valence-corrected chi connectivity index (χ1v) is 8.38. The van der Waals surface area contributed by atoms with E-state index in [1.165, 1.54) is 24.8 Å². The van der Waals surface area contributed by atoms with Gasteiger partial charge in [0.1, 0.15) is 0 Å². The fourth-order valence-electron chi connectivity index (χ4n) is 2.35. The van der Waals surface area contributed by atoms with E-state index in [0.29, 0.717) is 13.0 Å². The summed E-state index contributed by atoms with van der Waals surface area (Å²) in [7, 11) is 0. The zero-order valence-electron chi connectivity index (χ0n) is 13.6. The number of rotatable bonds is 11. The Kier molecular flexibility index (Phi) is 9.60. The summed E-state index contributed by atoms with van der Waals surface area (Å²) in [5.41, 5.74) is 1.30. The van der Waals surface area contributed by atoms with E-state index in [2.05, 4.69) is 26.0 Å². The summed E-state index contributed by atoms with van der Waals surface area (Å²) in [6.07, 6.45) is 8.38. The van der Waals surface area contributed by atoms with Crippen molar-refractivity contribution in [3.63, 3.8) is 0 Å². The van der Waals surface area contributed by atoms with Gasteiger partial charge in [-0.3, -0.25) is 4.79 Å². The molecule has 0 saturated carbocycles. The maximum Gasteiger partial charge on any atom is 0.305 e. The summed E-state index contributed by atoms with van der Waals surface area (Å²) in [5, 5.41) is 0. The molecule has 0 amide bonds. The van der Waals surface area contributed by atoms with E-state index in [0.717, 1.165) is 31.6 Å². The van der Waals surface area contributed by atoms with Gasteiger partial charge in [-0.05, 0) is 30.7 Å². The monoisotopic (exact) mass is 290 g/mol. The first-order valence-electron chi connectivity index (χ1n) is 8.38. The molecule has 0 aliphatic carbocycles. The predicted octanol–water partition coefficient (Wildman–Crippen LogP) is 5.16. The van der Waals surface area contributed by atoms with Gasteiger partial charge in [-0.25, -0.2) is 0 Å². The molecule has 1 aromatic rings. The molecule has 118 valence electrons. The van der Waals surface area contributed by atoms with Gasteiger partial charge in [-0.2, -0.15) is 0 Å². The molecule has 2 heteroatoms. The highest BCUT2D eigenvalue weighted by Gasteiger charge is 2.03. The standard InChI is InChI=1S/C19H30O2/c1-17(2)11-6-3-4-9-15-19(20)21-16-10-14-18-12-7-5-8-13-18/h5,7-8,12-13,17H,3-4,6,9-11,14-16H2,1-2H3. The molecule has 0 aromatic heterocycles. The third kappa shape index (κ3) is 10.1. The van der Waals surface area contributed by atoms with Crippen LogP contribution >= 0.6 is 0 Å². The van der Waals surface area contributed by atoms with Crippen molar-refractivity contribution in [1.29, 1.82) is 0 Å². The Labute approximate surface area is 129 Å². The molecule has 1 aromatic carbocycles. The van der Waals surface area contributed by atoms with Crippen LogP contribution < -0.4 is 0 Å². The Bertz CT molecular complexity index is 370. The van der Waals surface area contributed by atoms with Gasteiger partial charge in [0.05, 0.1) is 6.61 Å². The van der Waals surface area contributed by atoms with Crippen LogP contribution in [-0.2, 0) is 16.0 Å². The van der Waals surface area contributed by atoms with Crippen molar-refractivity contribution in [2.45, 2.75) is 65.2 Å². The lowest BCUT2D eigenvalue weighted by atomic mass is 10.0. The highest BCUT2D eigenvalue weighted by Crippen LogP contribution is 2.11. The van der Waals surface area contributed by atoms with Gasteiger partial charge in [-0.15, -0.1) is 0 Å². The first-order chi connectivity index (χ1) is 10.2. The lowest BCUT2D eigenvalue weighted by Gasteiger charge is -2.06. The van der Waals surface area contributed by atoms with Gasteiger partial charge < -0.3 is 4.74 Å². The minimum absolute atomic E-state index is 0.0353. The number of carbonyl (C=O) groups excluding carboxylic acids is 1. The molecule has 0 aliphatic heterocycles. The summed E-state index contributed by atoms with van der Waals surface area (Å²) < 4.78 is 5.27. The number of hydrogen-bond donors (Lipinski definition) is 0. The second-order valence-electron chi connectivity index (χ2n) is 6.16. The zero-order valence-corrected chi connectivity index (χ0v) is 13.6. The second-order valence-corrected chi connectivity index (χ2v) is 6.16. The Morgan fingerprint density at radius 2 is 1.71 bits per heavy atom. The van der Waals surface area contributed by atoms with Gasteiger partial charge in [-0.1, -0.05) is 69.9 Å². The molecule has 0 radical (unpaired) electrons. The number of esters is 1. The number of carbonyl (C=O) groups is 1. The summed E-state index contributed by atoms with van der Waals surface area (Å²) >= 11 is 0. The zero-order chi connectivity index (χ0) is 15.3. The summed E-state index contributed by atoms with van der Waals surface area (Å²) in [4.78, 5) is 11.6. The van der Waals surface area contributed by atoms with Crippen molar-refractivity contribution in [3.8, 4) is 0 Å². The highest BCUT2D eigenvalue weighted by molar-refractivity contribution is 5.69. The molecule has 0 bridgehead atoms. The molecule has 0 saturated heterocycles. The third-order valence-electron chi connectivity index (χ3n) is 3.63. The normalized spacial score (nSPS) is 10.8. The van der Waals surface area contributed by atoms with E-state index in [-0.39, 0.29) is 5.97 Å². The fourth-order valence-corrected chi connectivity index (χ4v) is 2.35. The Hall–Kier alpha value is -1.31. The van der Waals surface area contributed by atoms with E-state index >= 15 is 0 Å². The Balaban J connectivity index is 1.92. The van der Waals surface area contributed by atoms with Crippen LogP contribution in [0, 0.1) is 5.92 Å². The van der Waals surface area contributed by atoms with Crippen molar-refractivity contribution in [2.75, 3.05) is 6.61 Å². The van der Waals surface area contributed by atoms with Crippen LogP contribution in [0.3, 0.4) is 0 Å². The van der Waals surface area contributed by atoms with Crippen LogP contribution in [0.2, 0.25) is 0 Å². The Morgan fingerprint density at radius 3 is 2.43 bits per heavy atom. The molecule has 21 heavy (non-hydrogen) atoms. The number of ether oxygens (including phenoxy) is 1. The van der Waals surface area contributed by atoms with Gasteiger partial charge in [0.25, 0.3) is 0 Å². The van der Waals surface area contributed by atoms with Crippen molar-refractivity contribution >= 4 is 5.97 Å². The summed E-state index contributed by atoms with van der Waals surface area (Å²) in [6.45, 7) is 5.06. The third-order valence-corrected chi connectivity index (χ3v) is 3.63. The molecule has 0 N–H and O–H groups in total. The average Bonchev–Trinajstić information content (AvgIpc) is 2.48. The average molecular weight is 290 g/mol. The van der Waals surface area contributed by atoms with Crippen molar-refractivity contribution in [2.24, 2.45) is 5.92 Å². The van der Waals surface area contributed by atoms with E-state index in [9.17, 15) is 4.79 Å². The lowest BCUT2D eigenvalue weighted by Crippen LogP contribution is -2.06. The molecule has 2 nitrogen and oxygen atoms in total. The summed E-state index contributed by atoms with van der Waals surface area (Å²) in [5.74, 6) is 0.756. The van der Waals surface area contributed by atoms with E-state index in [1.54, 1.807) is 0 Å².